The van der Waals surface area contributed by atoms with Gasteiger partial charge in [-0.1, -0.05) is 30.3 Å². The second-order valence-corrected chi connectivity index (χ2v) is 5.69. The lowest BCUT2D eigenvalue weighted by atomic mass is 9.90. The number of rotatable bonds is 4. The molecule has 1 aliphatic heterocycles. The van der Waals surface area contributed by atoms with Gasteiger partial charge >= 0.3 is 0 Å². The van der Waals surface area contributed by atoms with Crippen molar-refractivity contribution in [3.63, 3.8) is 0 Å². The molecule has 1 aromatic rings. The molecule has 2 N–H and O–H groups in total. The lowest BCUT2D eigenvalue weighted by Gasteiger charge is -2.32. The minimum atomic E-state index is 0.148. The number of carbonyl (C=O) groups is 1. The fourth-order valence-electron chi connectivity index (χ4n) is 2.88. The van der Waals surface area contributed by atoms with Gasteiger partial charge in [-0.3, -0.25) is 9.79 Å². The quantitative estimate of drug-likeness (QED) is 0.650. The maximum Gasteiger partial charge on any atom is 0.241 e. The van der Waals surface area contributed by atoms with Gasteiger partial charge in [0, 0.05) is 27.2 Å². The lowest BCUT2D eigenvalue weighted by molar-refractivity contribution is -0.131. The van der Waals surface area contributed by atoms with Gasteiger partial charge in [-0.2, -0.15) is 0 Å². The first-order valence-corrected chi connectivity index (χ1v) is 7.93. The molecule has 5 nitrogen and oxygen atoms in total. The number of aliphatic imine (C=N–C) groups is 1. The van der Waals surface area contributed by atoms with Crippen LogP contribution >= 0.6 is 0 Å². The molecule has 0 atom stereocenters. The van der Waals surface area contributed by atoms with Crippen LogP contribution in [-0.2, 0) is 11.2 Å². The first-order valence-electron chi connectivity index (χ1n) is 7.93. The summed E-state index contributed by atoms with van der Waals surface area (Å²) in [6.07, 6.45) is 3.29. The molecule has 0 aliphatic carbocycles. The highest BCUT2D eigenvalue weighted by atomic mass is 16.2. The Hall–Kier alpha value is -2.04. The molecule has 0 saturated carbocycles. The van der Waals surface area contributed by atoms with Crippen LogP contribution in [0.4, 0.5) is 0 Å². The molecule has 22 heavy (non-hydrogen) atoms. The molecule has 2 rings (SSSR count). The molecule has 1 fully saturated rings. The first kappa shape index (κ1) is 16.3. The number of hydrogen-bond acceptors (Lipinski definition) is 2. The summed E-state index contributed by atoms with van der Waals surface area (Å²) in [5, 5.41) is 5.93. The van der Waals surface area contributed by atoms with Crippen molar-refractivity contribution in [3.05, 3.63) is 35.9 Å². The van der Waals surface area contributed by atoms with E-state index in [-0.39, 0.29) is 5.91 Å². The third-order valence-electron chi connectivity index (χ3n) is 4.20. The first-order chi connectivity index (χ1) is 10.7. The van der Waals surface area contributed by atoms with E-state index in [1.807, 2.05) is 4.90 Å². The number of piperidine rings is 1. The number of hydrogen-bond donors (Lipinski definition) is 2. The Kier molecular flexibility index (Phi) is 6.25. The summed E-state index contributed by atoms with van der Waals surface area (Å²) in [5.74, 6) is 1.48. The number of benzene rings is 1. The summed E-state index contributed by atoms with van der Waals surface area (Å²) in [6, 6.07) is 10.6. The van der Waals surface area contributed by atoms with Crippen molar-refractivity contribution in [2.24, 2.45) is 10.9 Å². The van der Waals surface area contributed by atoms with Gasteiger partial charge < -0.3 is 15.5 Å². The normalized spacial score (nSPS) is 16.5. The van der Waals surface area contributed by atoms with Crippen molar-refractivity contribution in [1.82, 2.24) is 15.5 Å². The van der Waals surface area contributed by atoms with Gasteiger partial charge in [-0.15, -0.1) is 0 Å². The van der Waals surface area contributed by atoms with Crippen LogP contribution in [-0.4, -0.2) is 50.5 Å². The molecule has 1 amide bonds. The molecule has 1 aromatic carbocycles. The highest BCUT2D eigenvalue weighted by molar-refractivity contribution is 5.86. The maximum atomic E-state index is 12.2. The van der Waals surface area contributed by atoms with Crippen molar-refractivity contribution in [3.8, 4) is 0 Å². The summed E-state index contributed by atoms with van der Waals surface area (Å²) >= 11 is 0. The molecule has 120 valence electrons. The van der Waals surface area contributed by atoms with E-state index in [1.54, 1.807) is 14.1 Å². The summed E-state index contributed by atoms with van der Waals surface area (Å²) in [7, 11) is 3.48. The van der Waals surface area contributed by atoms with Gasteiger partial charge in [-0.25, -0.2) is 0 Å². The minimum Gasteiger partial charge on any atom is -0.359 e. The van der Waals surface area contributed by atoms with E-state index in [0.717, 1.165) is 32.4 Å². The molecule has 0 unspecified atom stereocenters. The number of amides is 1. The average Bonchev–Trinajstić information content (AvgIpc) is 2.57. The molecule has 0 bridgehead atoms. The number of carbonyl (C=O) groups excluding carboxylic acids is 1. The number of nitrogens with one attached hydrogen (secondary N) is 2. The average molecular weight is 302 g/mol. The minimum absolute atomic E-state index is 0.148. The Morgan fingerprint density at radius 1 is 1.27 bits per heavy atom. The topological polar surface area (TPSA) is 56.7 Å². The third-order valence-corrected chi connectivity index (χ3v) is 4.20. The summed E-state index contributed by atoms with van der Waals surface area (Å²) in [5.41, 5.74) is 1.40. The summed E-state index contributed by atoms with van der Waals surface area (Å²) < 4.78 is 0. The van der Waals surface area contributed by atoms with Gasteiger partial charge in [0.2, 0.25) is 5.91 Å². The van der Waals surface area contributed by atoms with Crippen LogP contribution in [0.5, 0.6) is 0 Å². The summed E-state index contributed by atoms with van der Waals surface area (Å²) in [6.45, 7) is 2.02. The van der Waals surface area contributed by atoms with Crippen molar-refractivity contribution in [1.29, 1.82) is 0 Å². The molecule has 0 spiro atoms. The van der Waals surface area contributed by atoms with Crippen LogP contribution in [0.25, 0.3) is 0 Å². The van der Waals surface area contributed by atoms with Gasteiger partial charge in [-0.05, 0) is 30.7 Å². The smallest absolute Gasteiger partial charge is 0.241 e. The number of likely N-dealkylation sites (tertiary alicyclic amines) is 1. The van der Waals surface area contributed by atoms with Crippen LogP contribution in [0.1, 0.15) is 18.4 Å². The standard InChI is InChI=1S/C17H26N4O/c1-18-17(19-2)20-13-16(22)21-10-8-15(9-11-21)12-14-6-4-3-5-7-14/h3-7,15H,8-13H2,1-2H3,(H2,18,19,20). The Morgan fingerprint density at radius 2 is 1.95 bits per heavy atom. The van der Waals surface area contributed by atoms with Crippen molar-refractivity contribution >= 4 is 11.9 Å². The van der Waals surface area contributed by atoms with Crippen molar-refractivity contribution in [2.75, 3.05) is 33.7 Å². The van der Waals surface area contributed by atoms with E-state index in [2.05, 4.69) is 46.0 Å². The summed E-state index contributed by atoms with van der Waals surface area (Å²) in [4.78, 5) is 18.1. The second kappa shape index (κ2) is 8.41. The SMILES string of the molecule is CN=C(NC)NCC(=O)N1CCC(Cc2ccccc2)CC1. The zero-order valence-electron chi connectivity index (χ0n) is 13.5. The molecule has 0 radical (unpaired) electrons. The maximum absolute atomic E-state index is 12.2. The Morgan fingerprint density at radius 3 is 2.55 bits per heavy atom. The Bertz CT molecular complexity index is 493. The van der Waals surface area contributed by atoms with E-state index >= 15 is 0 Å². The van der Waals surface area contributed by atoms with Gasteiger partial charge in [0.15, 0.2) is 5.96 Å². The van der Waals surface area contributed by atoms with Gasteiger partial charge in [0.05, 0.1) is 6.54 Å². The van der Waals surface area contributed by atoms with Crippen LogP contribution < -0.4 is 10.6 Å². The van der Waals surface area contributed by atoms with E-state index in [4.69, 9.17) is 0 Å². The number of nitrogens with zero attached hydrogens (tertiary/aromatic N) is 2. The van der Waals surface area contributed by atoms with E-state index in [9.17, 15) is 4.79 Å². The highest BCUT2D eigenvalue weighted by Gasteiger charge is 2.22. The molecule has 0 aromatic heterocycles. The highest BCUT2D eigenvalue weighted by Crippen LogP contribution is 2.21. The largest absolute Gasteiger partial charge is 0.359 e. The second-order valence-electron chi connectivity index (χ2n) is 5.69. The molecular formula is C17H26N4O. The molecular weight excluding hydrogens is 276 g/mol. The molecule has 1 aliphatic rings. The Labute approximate surface area is 132 Å². The van der Waals surface area contributed by atoms with Crippen LogP contribution in [0, 0.1) is 5.92 Å². The van der Waals surface area contributed by atoms with Crippen molar-refractivity contribution in [2.45, 2.75) is 19.3 Å². The zero-order chi connectivity index (χ0) is 15.8. The van der Waals surface area contributed by atoms with E-state index < -0.39 is 0 Å². The van der Waals surface area contributed by atoms with Crippen LogP contribution in [0.3, 0.4) is 0 Å². The predicted molar refractivity (Wildman–Crippen MR) is 89.9 cm³/mol. The third kappa shape index (κ3) is 4.76. The van der Waals surface area contributed by atoms with Crippen molar-refractivity contribution < 1.29 is 4.79 Å². The Balaban J connectivity index is 1.73. The number of guanidine groups is 1. The van der Waals surface area contributed by atoms with E-state index in [0.29, 0.717) is 18.4 Å². The predicted octanol–water partition coefficient (Wildman–Crippen LogP) is 1.26. The van der Waals surface area contributed by atoms with Gasteiger partial charge in [0.1, 0.15) is 0 Å². The zero-order valence-corrected chi connectivity index (χ0v) is 13.5. The van der Waals surface area contributed by atoms with Crippen LogP contribution in [0.15, 0.2) is 35.3 Å². The fraction of sp³-hybridized carbons (Fsp3) is 0.529. The molecule has 1 saturated heterocycles. The fourth-order valence-corrected chi connectivity index (χ4v) is 2.88. The van der Waals surface area contributed by atoms with Crippen LogP contribution in [0.2, 0.25) is 0 Å². The van der Waals surface area contributed by atoms with Gasteiger partial charge in [0.25, 0.3) is 0 Å². The monoisotopic (exact) mass is 302 g/mol. The molecule has 1 heterocycles. The van der Waals surface area contributed by atoms with E-state index in [1.165, 1.54) is 5.56 Å². The molecule has 5 heteroatoms. The lowest BCUT2D eigenvalue weighted by Crippen LogP contribution is -2.46.